The molecule has 0 aliphatic carbocycles. The maximum Gasteiger partial charge on any atom is 0.122 e. The van der Waals surface area contributed by atoms with Crippen molar-refractivity contribution >= 4 is 39.1 Å². The molecule has 21 heavy (non-hydrogen) atoms. The highest BCUT2D eigenvalue weighted by Gasteiger charge is 2.14. The van der Waals surface area contributed by atoms with E-state index in [0.717, 1.165) is 27.8 Å². The van der Waals surface area contributed by atoms with Gasteiger partial charge in [-0.05, 0) is 70.9 Å². The first-order valence-electron chi connectivity index (χ1n) is 6.49. The topological polar surface area (TPSA) is 21.3 Å². The number of hydrogen-bond acceptors (Lipinski definition) is 2. The molecule has 2 rings (SSSR count). The fourth-order valence-electron chi connectivity index (χ4n) is 2.24. The minimum absolute atomic E-state index is 0.128. The standard InChI is InChI=1S/C16H16BrCl2NO/c1-20-15(10-3-5-13(17)14(19)8-10)9-11-7-12(18)4-6-16(11)21-2/h3-8,15,20H,9H2,1-2H3. The molecule has 0 aromatic heterocycles. The summed E-state index contributed by atoms with van der Waals surface area (Å²) in [5.74, 6) is 0.836. The summed E-state index contributed by atoms with van der Waals surface area (Å²) in [4.78, 5) is 0. The van der Waals surface area contributed by atoms with Crippen LogP contribution in [-0.2, 0) is 6.42 Å². The lowest BCUT2D eigenvalue weighted by molar-refractivity contribution is 0.406. The van der Waals surface area contributed by atoms with Gasteiger partial charge in [-0.2, -0.15) is 0 Å². The number of benzene rings is 2. The first kappa shape index (κ1) is 16.6. The molecule has 1 atom stereocenters. The Morgan fingerprint density at radius 2 is 1.95 bits per heavy atom. The van der Waals surface area contributed by atoms with Crippen molar-refractivity contribution in [1.29, 1.82) is 0 Å². The first-order chi connectivity index (χ1) is 10.0. The quantitative estimate of drug-likeness (QED) is 0.753. The molecule has 0 aliphatic heterocycles. The van der Waals surface area contributed by atoms with Crippen LogP contribution in [0.4, 0.5) is 0 Å². The maximum atomic E-state index is 6.18. The van der Waals surface area contributed by atoms with E-state index in [1.807, 2.05) is 43.4 Å². The minimum atomic E-state index is 0.128. The third-order valence-electron chi connectivity index (χ3n) is 3.36. The number of rotatable bonds is 5. The van der Waals surface area contributed by atoms with E-state index in [0.29, 0.717) is 10.0 Å². The van der Waals surface area contributed by atoms with Gasteiger partial charge in [-0.3, -0.25) is 0 Å². The lowest BCUT2D eigenvalue weighted by Crippen LogP contribution is -2.19. The minimum Gasteiger partial charge on any atom is -0.496 e. The molecule has 112 valence electrons. The third-order valence-corrected chi connectivity index (χ3v) is 4.83. The van der Waals surface area contributed by atoms with Crippen LogP contribution in [0, 0.1) is 0 Å². The molecule has 1 unspecified atom stereocenters. The van der Waals surface area contributed by atoms with E-state index in [-0.39, 0.29) is 6.04 Å². The van der Waals surface area contributed by atoms with Crippen LogP contribution in [0.2, 0.25) is 10.0 Å². The molecule has 0 saturated heterocycles. The molecule has 0 fully saturated rings. The van der Waals surface area contributed by atoms with E-state index in [1.54, 1.807) is 7.11 Å². The van der Waals surface area contributed by atoms with E-state index in [9.17, 15) is 0 Å². The second kappa shape index (κ2) is 7.50. The number of methoxy groups -OCH3 is 1. The van der Waals surface area contributed by atoms with E-state index in [1.165, 1.54) is 0 Å². The van der Waals surface area contributed by atoms with Crippen LogP contribution >= 0.6 is 39.1 Å². The van der Waals surface area contributed by atoms with Crippen LogP contribution < -0.4 is 10.1 Å². The van der Waals surface area contributed by atoms with Crippen LogP contribution in [0.5, 0.6) is 5.75 Å². The van der Waals surface area contributed by atoms with Crippen LogP contribution in [-0.4, -0.2) is 14.2 Å². The number of hydrogen-bond donors (Lipinski definition) is 1. The van der Waals surface area contributed by atoms with Crippen molar-refractivity contribution in [2.24, 2.45) is 0 Å². The summed E-state index contributed by atoms with van der Waals surface area (Å²) in [7, 11) is 3.59. The van der Waals surface area contributed by atoms with Gasteiger partial charge in [-0.1, -0.05) is 29.3 Å². The second-order valence-corrected chi connectivity index (χ2v) is 6.37. The second-order valence-electron chi connectivity index (χ2n) is 4.68. The molecule has 2 aromatic carbocycles. The Bertz CT molecular complexity index is 634. The molecule has 1 N–H and O–H groups in total. The van der Waals surface area contributed by atoms with Crippen molar-refractivity contribution in [3.05, 3.63) is 62.0 Å². The van der Waals surface area contributed by atoms with Gasteiger partial charge in [-0.15, -0.1) is 0 Å². The molecule has 0 spiro atoms. The molecule has 2 aromatic rings. The summed E-state index contributed by atoms with van der Waals surface area (Å²) in [6, 6.07) is 11.7. The molecule has 0 heterocycles. The highest BCUT2D eigenvalue weighted by Crippen LogP contribution is 2.30. The van der Waals surface area contributed by atoms with Crippen molar-refractivity contribution in [2.75, 3.05) is 14.2 Å². The van der Waals surface area contributed by atoms with Crippen molar-refractivity contribution in [3.8, 4) is 5.75 Å². The number of likely N-dealkylation sites (N-methyl/N-ethyl adjacent to an activating group) is 1. The lowest BCUT2D eigenvalue weighted by atomic mass is 9.98. The van der Waals surface area contributed by atoms with Gasteiger partial charge in [0.25, 0.3) is 0 Å². The van der Waals surface area contributed by atoms with Crippen molar-refractivity contribution < 1.29 is 4.74 Å². The summed E-state index contributed by atoms with van der Waals surface area (Å²) >= 11 is 15.7. The summed E-state index contributed by atoms with van der Waals surface area (Å²) in [6.07, 6.45) is 0.762. The van der Waals surface area contributed by atoms with E-state index < -0.39 is 0 Å². The molecular weight excluding hydrogens is 373 g/mol. The third kappa shape index (κ3) is 4.13. The number of ether oxygens (including phenoxy) is 1. The predicted octanol–water partition coefficient (Wildman–Crippen LogP) is 5.27. The molecule has 0 radical (unpaired) electrons. The van der Waals surface area contributed by atoms with Gasteiger partial charge in [0.05, 0.1) is 12.1 Å². The molecule has 0 saturated carbocycles. The largest absolute Gasteiger partial charge is 0.496 e. The molecular formula is C16H16BrCl2NO. The van der Waals surface area contributed by atoms with E-state index >= 15 is 0 Å². The van der Waals surface area contributed by atoms with Crippen LogP contribution in [0.1, 0.15) is 17.2 Å². The van der Waals surface area contributed by atoms with Gasteiger partial charge in [0.2, 0.25) is 0 Å². The van der Waals surface area contributed by atoms with Crippen molar-refractivity contribution in [3.63, 3.8) is 0 Å². The highest BCUT2D eigenvalue weighted by atomic mass is 79.9. The highest BCUT2D eigenvalue weighted by molar-refractivity contribution is 9.10. The average Bonchev–Trinajstić information content (AvgIpc) is 2.48. The Kier molecular flexibility index (Phi) is 5.94. The monoisotopic (exact) mass is 387 g/mol. The molecule has 0 amide bonds. The van der Waals surface area contributed by atoms with Gasteiger partial charge < -0.3 is 10.1 Å². The average molecular weight is 389 g/mol. The predicted molar refractivity (Wildman–Crippen MR) is 92.7 cm³/mol. The molecule has 5 heteroatoms. The van der Waals surface area contributed by atoms with Crippen molar-refractivity contribution in [1.82, 2.24) is 5.32 Å². The Morgan fingerprint density at radius 3 is 2.57 bits per heavy atom. The summed E-state index contributed by atoms with van der Waals surface area (Å²) < 4.78 is 6.30. The Balaban J connectivity index is 2.30. The van der Waals surface area contributed by atoms with Gasteiger partial charge in [0.1, 0.15) is 5.75 Å². The van der Waals surface area contributed by atoms with E-state index in [2.05, 4.69) is 21.2 Å². The zero-order valence-corrected chi connectivity index (χ0v) is 14.9. The first-order valence-corrected chi connectivity index (χ1v) is 8.04. The lowest BCUT2D eigenvalue weighted by Gasteiger charge is -2.19. The molecule has 2 nitrogen and oxygen atoms in total. The van der Waals surface area contributed by atoms with Gasteiger partial charge in [-0.25, -0.2) is 0 Å². The van der Waals surface area contributed by atoms with E-state index in [4.69, 9.17) is 27.9 Å². The van der Waals surface area contributed by atoms with Gasteiger partial charge >= 0.3 is 0 Å². The molecule has 0 bridgehead atoms. The molecule has 0 aliphatic rings. The zero-order chi connectivity index (χ0) is 15.4. The van der Waals surface area contributed by atoms with Crippen LogP contribution in [0.25, 0.3) is 0 Å². The number of nitrogens with one attached hydrogen (secondary N) is 1. The fraction of sp³-hybridized carbons (Fsp3) is 0.250. The van der Waals surface area contributed by atoms with Crippen LogP contribution in [0.3, 0.4) is 0 Å². The Morgan fingerprint density at radius 1 is 1.19 bits per heavy atom. The Hall–Kier alpha value is -0.740. The SMILES string of the molecule is CNC(Cc1cc(Cl)ccc1OC)c1ccc(Br)c(Cl)c1. The number of halogens is 3. The smallest absolute Gasteiger partial charge is 0.122 e. The van der Waals surface area contributed by atoms with Crippen molar-refractivity contribution in [2.45, 2.75) is 12.5 Å². The summed E-state index contributed by atoms with van der Waals surface area (Å²) in [5, 5.41) is 4.71. The summed E-state index contributed by atoms with van der Waals surface area (Å²) in [6.45, 7) is 0. The maximum absolute atomic E-state index is 6.18. The fourth-order valence-corrected chi connectivity index (χ4v) is 2.87. The normalized spacial score (nSPS) is 12.2. The van der Waals surface area contributed by atoms with Gasteiger partial charge in [0, 0.05) is 15.5 Å². The van der Waals surface area contributed by atoms with Gasteiger partial charge in [0.15, 0.2) is 0 Å². The zero-order valence-electron chi connectivity index (χ0n) is 11.8. The van der Waals surface area contributed by atoms with Crippen LogP contribution in [0.15, 0.2) is 40.9 Å². The summed E-state index contributed by atoms with van der Waals surface area (Å²) in [5.41, 5.74) is 2.18. The Labute approximate surface area is 143 Å².